The lowest BCUT2D eigenvalue weighted by Crippen LogP contribution is -2.42. The largest absolute Gasteiger partial charge is 0.414 e. The normalized spacial score (nSPS) is 15.1. The molecule has 0 spiro atoms. The van der Waals surface area contributed by atoms with E-state index in [1.165, 1.54) is 0 Å². The summed E-state index contributed by atoms with van der Waals surface area (Å²) >= 11 is 0. The van der Waals surface area contributed by atoms with E-state index in [4.69, 9.17) is 8.85 Å². The Kier molecular flexibility index (Phi) is 8.26. The summed E-state index contributed by atoms with van der Waals surface area (Å²) in [6.45, 7) is 22.9. The zero-order valence-electron chi connectivity index (χ0n) is 17.0. The summed E-state index contributed by atoms with van der Waals surface area (Å²) in [5.41, 5.74) is 0. The van der Waals surface area contributed by atoms with Crippen molar-refractivity contribution in [2.45, 2.75) is 90.3 Å². The summed E-state index contributed by atoms with van der Waals surface area (Å²) < 4.78 is 12.0. The maximum absolute atomic E-state index is 10.0. The third kappa shape index (κ3) is 7.99. The first-order chi connectivity index (χ1) is 10.1. The smallest absolute Gasteiger partial charge is 0.193 e. The molecule has 1 N–H and O–H groups in total. The van der Waals surface area contributed by atoms with Crippen molar-refractivity contribution in [3.8, 4) is 11.8 Å². The van der Waals surface area contributed by atoms with E-state index < -0.39 is 22.7 Å². The summed E-state index contributed by atoms with van der Waals surface area (Å²) in [6.07, 6.45) is -0.0836. The predicted molar refractivity (Wildman–Crippen MR) is 105 cm³/mol. The van der Waals surface area contributed by atoms with Gasteiger partial charge in [0.25, 0.3) is 0 Å². The second-order valence-corrected chi connectivity index (χ2v) is 19.0. The fourth-order valence-electron chi connectivity index (χ4n) is 1.25. The average molecular weight is 359 g/mol. The monoisotopic (exact) mass is 358 g/mol. The van der Waals surface area contributed by atoms with Gasteiger partial charge in [0.2, 0.25) is 0 Å². The first kappa shape index (κ1) is 22.9. The molecule has 3 nitrogen and oxygen atoms in total. The maximum atomic E-state index is 10.0. The summed E-state index contributed by atoms with van der Waals surface area (Å²) in [5, 5.41) is 10.4. The van der Waals surface area contributed by atoms with E-state index in [1.54, 1.807) is 0 Å². The van der Waals surface area contributed by atoms with Crippen molar-refractivity contribution in [3.05, 3.63) is 0 Å². The van der Waals surface area contributed by atoms with Crippen molar-refractivity contribution >= 4 is 16.6 Å². The van der Waals surface area contributed by atoms with Crippen LogP contribution in [0.15, 0.2) is 0 Å². The van der Waals surface area contributed by atoms with Crippen molar-refractivity contribution in [2.75, 3.05) is 13.2 Å². The number of rotatable bonds is 6. The van der Waals surface area contributed by atoms with Crippen LogP contribution in [0, 0.1) is 11.8 Å². The molecule has 0 unspecified atom stereocenters. The zero-order chi connectivity index (χ0) is 18.5. The van der Waals surface area contributed by atoms with Crippen LogP contribution in [0.3, 0.4) is 0 Å². The van der Waals surface area contributed by atoms with Crippen LogP contribution < -0.4 is 0 Å². The van der Waals surface area contributed by atoms with Crippen LogP contribution >= 0.6 is 0 Å². The van der Waals surface area contributed by atoms with Gasteiger partial charge in [0.05, 0.1) is 19.3 Å². The van der Waals surface area contributed by atoms with Crippen molar-refractivity contribution in [2.24, 2.45) is 0 Å². The molecule has 23 heavy (non-hydrogen) atoms. The van der Waals surface area contributed by atoms with Gasteiger partial charge in [-0.3, -0.25) is 0 Å². The van der Waals surface area contributed by atoms with Gasteiger partial charge in [-0.2, -0.15) is 0 Å². The molecule has 0 aliphatic heterocycles. The van der Waals surface area contributed by atoms with Crippen molar-refractivity contribution in [1.82, 2.24) is 0 Å². The van der Waals surface area contributed by atoms with Crippen LogP contribution in [-0.2, 0) is 8.85 Å². The van der Waals surface area contributed by atoms with E-state index in [2.05, 4.69) is 79.6 Å². The summed E-state index contributed by atoms with van der Waals surface area (Å²) in [7, 11) is -3.52. The molecule has 0 aromatic rings. The molecule has 136 valence electrons. The summed E-state index contributed by atoms with van der Waals surface area (Å²) in [5.74, 6) is 6.05. The van der Waals surface area contributed by atoms with Crippen LogP contribution in [0.2, 0.25) is 36.3 Å². The molecule has 0 fully saturated rings. The van der Waals surface area contributed by atoms with Gasteiger partial charge in [-0.05, 0) is 36.3 Å². The quantitative estimate of drug-likeness (QED) is 0.548. The number of aliphatic hydroxyl groups excluding tert-OH is 1. The first-order valence-electron chi connectivity index (χ1n) is 8.52. The lowest BCUT2D eigenvalue weighted by atomic mass is 10.2. The third-order valence-corrected chi connectivity index (χ3v) is 14.2. The molecule has 1 atom stereocenters. The van der Waals surface area contributed by atoms with Gasteiger partial charge < -0.3 is 14.0 Å². The van der Waals surface area contributed by atoms with Gasteiger partial charge in [-0.1, -0.05) is 53.4 Å². The Morgan fingerprint density at radius 3 is 1.70 bits per heavy atom. The molecule has 5 heteroatoms. The van der Waals surface area contributed by atoms with Gasteiger partial charge in [-0.25, -0.2) is 0 Å². The van der Waals surface area contributed by atoms with E-state index in [0.29, 0.717) is 19.6 Å². The Hall–Kier alpha value is -0.126. The van der Waals surface area contributed by atoms with Crippen molar-refractivity contribution in [1.29, 1.82) is 0 Å². The molecule has 0 aliphatic carbocycles. The van der Waals surface area contributed by atoms with Crippen LogP contribution in [0.4, 0.5) is 0 Å². The Balaban J connectivity index is 4.22. The molecule has 0 aromatic heterocycles. The van der Waals surface area contributed by atoms with E-state index >= 15 is 0 Å². The molecule has 0 aromatic carbocycles. The SMILES string of the molecule is CC(C)(C)[Si](C)(C)OCC#CC[C@@H](O)CO[Si](C)(C)C(C)(C)C. The fraction of sp³-hybridized carbons (Fsp3) is 0.889. The molecule has 0 saturated heterocycles. The number of aliphatic hydroxyl groups is 1. The fourth-order valence-corrected chi connectivity index (χ4v) is 3.16. The summed E-state index contributed by atoms with van der Waals surface area (Å²) in [6, 6.07) is 0. The van der Waals surface area contributed by atoms with Crippen LogP contribution in [0.5, 0.6) is 0 Å². The molecule has 0 bridgehead atoms. The highest BCUT2D eigenvalue weighted by molar-refractivity contribution is 6.74. The highest BCUT2D eigenvalue weighted by Crippen LogP contribution is 2.37. The van der Waals surface area contributed by atoms with Gasteiger partial charge >= 0.3 is 0 Å². The predicted octanol–water partition coefficient (Wildman–Crippen LogP) is 4.78. The Bertz CT molecular complexity index is 420. The lowest BCUT2D eigenvalue weighted by Gasteiger charge is -2.36. The van der Waals surface area contributed by atoms with Gasteiger partial charge in [0.1, 0.15) is 0 Å². The topological polar surface area (TPSA) is 38.7 Å². The lowest BCUT2D eigenvalue weighted by molar-refractivity contribution is 0.104. The zero-order valence-corrected chi connectivity index (χ0v) is 19.0. The molecule has 0 saturated carbocycles. The molecule has 0 aliphatic rings. The van der Waals surface area contributed by atoms with E-state index in [0.717, 1.165) is 0 Å². The minimum absolute atomic E-state index is 0.162. The van der Waals surface area contributed by atoms with E-state index in [-0.39, 0.29) is 10.1 Å². The van der Waals surface area contributed by atoms with E-state index in [1.807, 2.05) is 0 Å². The highest BCUT2D eigenvalue weighted by atomic mass is 28.4. The van der Waals surface area contributed by atoms with Gasteiger partial charge in [0, 0.05) is 6.42 Å². The van der Waals surface area contributed by atoms with Gasteiger partial charge in [0.15, 0.2) is 16.6 Å². The highest BCUT2D eigenvalue weighted by Gasteiger charge is 2.37. The minimum atomic E-state index is -1.80. The van der Waals surface area contributed by atoms with Crippen LogP contribution in [-0.4, -0.2) is 41.1 Å². The maximum Gasteiger partial charge on any atom is 0.193 e. The standard InChI is InChI=1S/C18H38O3Si2/c1-17(2,3)22(7,8)20-14-12-11-13-16(19)15-21-23(9,10)18(4,5)6/h16,19H,13-15H2,1-10H3/t16-/m1/s1. The Morgan fingerprint density at radius 1 is 0.826 bits per heavy atom. The minimum Gasteiger partial charge on any atom is -0.414 e. The van der Waals surface area contributed by atoms with Gasteiger partial charge in [-0.15, -0.1) is 0 Å². The molecular weight excluding hydrogens is 320 g/mol. The van der Waals surface area contributed by atoms with Crippen molar-refractivity contribution in [3.63, 3.8) is 0 Å². The summed E-state index contributed by atoms with van der Waals surface area (Å²) in [4.78, 5) is 0. The molecule has 0 radical (unpaired) electrons. The molecule has 0 amide bonds. The first-order valence-corrected chi connectivity index (χ1v) is 14.3. The average Bonchev–Trinajstić information content (AvgIpc) is 2.33. The molecular formula is C18H38O3Si2. The Morgan fingerprint density at radius 2 is 1.26 bits per heavy atom. The third-order valence-electron chi connectivity index (χ3n) is 5.22. The second kappa shape index (κ2) is 8.31. The molecule has 0 rings (SSSR count). The van der Waals surface area contributed by atoms with Crippen LogP contribution in [0.1, 0.15) is 48.0 Å². The van der Waals surface area contributed by atoms with Crippen molar-refractivity contribution < 1.29 is 14.0 Å². The van der Waals surface area contributed by atoms with E-state index in [9.17, 15) is 5.11 Å². The Labute approximate surface area is 146 Å². The number of hydrogen-bond donors (Lipinski definition) is 1. The van der Waals surface area contributed by atoms with Crippen LogP contribution in [0.25, 0.3) is 0 Å². The molecule has 0 heterocycles. The number of hydrogen-bond acceptors (Lipinski definition) is 3. The second-order valence-electron chi connectivity index (χ2n) is 9.33.